The fraction of sp³-hybridized carbons (Fsp3) is 0.500. The molecule has 21 heavy (non-hydrogen) atoms. The summed E-state index contributed by atoms with van der Waals surface area (Å²) in [6, 6.07) is 2.03. The van der Waals surface area contributed by atoms with Gasteiger partial charge in [0.25, 0.3) is 0 Å². The third-order valence-corrected chi connectivity index (χ3v) is 3.80. The van der Waals surface area contributed by atoms with Crippen LogP contribution in [0.25, 0.3) is 0 Å². The Balaban J connectivity index is 1.84. The molecule has 0 spiro atoms. The van der Waals surface area contributed by atoms with E-state index in [1.807, 2.05) is 29.3 Å². The van der Waals surface area contributed by atoms with Crippen molar-refractivity contribution in [3.05, 3.63) is 42.0 Å². The molecule has 2 aromatic rings. The summed E-state index contributed by atoms with van der Waals surface area (Å²) >= 11 is 0. The molecule has 0 aliphatic heterocycles. The summed E-state index contributed by atoms with van der Waals surface area (Å²) in [5, 5.41) is 7.80. The van der Waals surface area contributed by atoms with Crippen molar-refractivity contribution in [1.29, 1.82) is 0 Å². The maximum atomic E-state index is 4.40. The minimum Gasteiger partial charge on any atom is -0.378 e. The first-order valence-corrected chi connectivity index (χ1v) is 7.61. The molecule has 2 heterocycles. The number of nitrogens with zero attached hydrogens (tertiary/aromatic N) is 4. The minimum absolute atomic E-state index is 0.779. The molecule has 5 heteroatoms. The van der Waals surface area contributed by atoms with Gasteiger partial charge in [-0.1, -0.05) is 13.8 Å². The Kier molecular flexibility index (Phi) is 5.75. The number of pyridine rings is 1. The SMILES string of the molecule is CCN(CC)CCn1cc(NCc2cnccc2C)cn1. The lowest BCUT2D eigenvalue weighted by Gasteiger charge is -2.17. The number of likely N-dealkylation sites (N-methyl/N-ethyl adjacent to an activating group) is 1. The molecule has 0 aromatic carbocycles. The number of anilines is 1. The predicted molar refractivity (Wildman–Crippen MR) is 86.3 cm³/mol. The molecule has 1 N–H and O–H groups in total. The highest BCUT2D eigenvalue weighted by atomic mass is 15.3. The molecule has 114 valence electrons. The Hall–Kier alpha value is -1.88. The third-order valence-electron chi connectivity index (χ3n) is 3.80. The van der Waals surface area contributed by atoms with Crippen molar-refractivity contribution in [3.8, 4) is 0 Å². The fourth-order valence-corrected chi connectivity index (χ4v) is 2.24. The van der Waals surface area contributed by atoms with Gasteiger partial charge in [-0.25, -0.2) is 0 Å². The van der Waals surface area contributed by atoms with Crippen LogP contribution in [0.1, 0.15) is 25.0 Å². The smallest absolute Gasteiger partial charge is 0.0729 e. The molecule has 0 fully saturated rings. The maximum Gasteiger partial charge on any atom is 0.0729 e. The van der Waals surface area contributed by atoms with Crippen LogP contribution in [0.3, 0.4) is 0 Å². The normalized spacial score (nSPS) is 11.0. The van der Waals surface area contributed by atoms with Gasteiger partial charge in [-0.15, -0.1) is 0 Å². The molecule has 0 unspecified atom stereocenters. The Bertz CT molecular complexity index is 545. The van der Waals surface area contributed by atoms with Crippen molar-refractivity contribution >= 4 is 5.69 Å². The van der Waals surface area contributed by atoms with E-state index in [2.05, 4.69) is 47.3 Å². The van der Waals surface area contributed by atoms with Crippen molar-refractivity contribution in [2.45, 2.75) is 33.9 Å². The minimum atomic E-state index is 0.779. The molecular weight excluding hydrogens is 262 g/mol. The molecule has 0 atom stereocenters. The second kappa shape index (κ2) is 7.78. The summed E-state index contributed by atoms with van der Waals surface area (Å²) in [5.41, 5.74) is 3.53. The molecule has 2 aromatic heterocycles. The summed E-state index contributed by atoms with van der Waals surface area (Å²) in [5.74, 6) is 0. The summed E-state index contributed by atoms with van der Waals surface area (Å²) in [6.45, 7) is 11.4. The van der Waals surface area contributed by atoms with E-state index in [-0.39, 0.29) is 0 Å². The third kappa shape index (κ3) is 4.56. The van der Waals surface area contributed by atoms with Gasteiger partial charge in [0.2, 0.25) is 0 Å². The first-order valence-electron chi connectivity index (χ1n) is 7.61. The van der Waals surface area contributed by atoms with Gasteiger partial charge in [-0.2, -0.15) is 5.10 Å². The van der Waals surface area contributed by atoms with Gasteiger partial charge in [0, 0.05) is 31.7 Å². The number of rotatable bonds is 8. The number of aromatic nitrogens is 3. The molecular formula is C16H25N5. The zero-order valence-electron chi connectivity index (χ0n) is 13.2. The lowest BCUT2D eigenvalue weighted by Crippen LogP contribution is -2.27. The van der Waals surface area contributed by atoms with E-state index in [1.165, 1.54) is 11.1 Å². The molecule has 0 saturated heterocycles. The molecule has 0 bridgehead atoms. The number of hydrogen-bond donors (Lipinski definition) is 1. The van der Waals surface area contributed by atoms with Crippen molar-refractivity contribution in [1.82, 2.24) is 19.7 Å². The van der Waals surface area contributed by atoms with Crippen LogP contribution < -0.4 is 5.32 Å². The Morgan fingerprint density at radius 1 is 1.24 bits per heavy atom. The second-order valence-corrected chi connectivity index (χ2v) is 5.17. The van der Waals surface area contributed by atoms with Crippen LogP contribution in [0.4, 0.5) is 5.69 Å². The van der Waals surface area contributed by atoms with Crippen LogP contribution in [0.5, 0.6) is 0 Å². The molecule has 0 saturated carbocycles. The lowest BCUT2D eigenvalue weighted by atomic mass is 10.1. The highest BCUT2D eigenvalue weighted by molar-refractivity contribution is 5.39. The van der Waals surface area contributed by atoms with Gasteiger partial charge >= 0.3 is 0 Å². The van der Waals surface area contributed by atoms with E-state index >= 15 is 0 Å². The number of hydrogen-bond acceptors (Lipinski definition) is 4. The van der Waals surface area contributed by atoms with Gasteiger partial charge in [0.1, 0.15) is 0 Å². The van der Waals surface area contributed by atoms with Gasteiger partial charge in [-0.05, 0) is 37.2 Å². The summed E-state index contributed by atoms with van der Waals surface area (Å²) < 4.78 is 2.00. The fourth-order valence-electron chi connectivity index (χ4n) is 2.24. The summed E-state index contributed by atoms with van der Waals surface area (Å²) in [6.07, 6.45) is 7.68. The molecule has 2 rings (SSSR count). The van der Waals surface area contributed by atoms with Crippen LogP contribution >= 0.6 is 0 Å². The van der Waals surface area contributed by atoms with Crippen LogP contribution in [0.2, 0.25) is 0 Å². The van der Waals surface area contributed by atoms with Gasteiger partial charge < -0.3 is 10.2 Å². The zero-order valence-corrected chi connectivity index (χ0v) is 13.2. The predicted octanol–water partition coefficient (Wildman–Crippen LogP) is 2.54. The maximum absolute atomic E-state index is 4.40. The Morgan fingerprint density at radius 3 is 2.76 bits per heavy atom. The van der Waals surface area contributed by atoms with Crippen LogP contribution in [0.15, 0.2) is 30.9 Å². The van der Waals surface area contributed by atoms with E-state index in [4.69, 9.17) is 0 Å². The number of nitrogens with one attached hydrogen (secondary N) is 1. The first kappa shape index (κ1) is 15.5. The molecule has 0 aliphatic rings. The van der Waals surface area contributed by atoms with E-state index in [0.717, 1.165) is 38.4 Å². The van der Waals surface area contributed by atoms with E-state index in [1.54, 1.807) is 0 Å². The topological polar surface area (TPSA) is 46.0 Å². The van der Waals surface area contributed by atoms with Gasteiger partial charge in [-0.3, -0.25) is 9.67 Å². The van der Waals surface area contributed by atoms with E-state index in [0.29, 0.717) is 0 Å². The van der Waals surface area contributed by atoms with Crippen LogP contribution in [-0.4, -0.2) is 39.3 Å². The van der Waals surface area contributed by atoms with E-state index in [9.17, 15) is 0 Å². The average Bonchev–Trinajstić information content (AvgIpc) is 2.95. The summed E-state index contributed by atoms with van der Waals surface area (Å²) in [7, 11) is 0. The largest absolute Gasteiger partial charge is 0.378 e. The Morgan fingerprint density at radius 2 is 2.05 bits per heavy atom. The monoisotopic (exact) mass is 287 g/mol. The standard InChI is InChI=1S/C16H25N5/c1-4-20(5-2)8-9-21-13-16(12-19-21)18-11-15-10-17-7-6-14(15)3/h6-7,10,12-13,18H,4-5,8-9,11H2,1-3H3. The number of aryl methyl sites for hydroxylation is 1. The van der Waals surface area contributed by atoms with Gasteiger partial charge in [0.15, 0.2) is 0 Å². The molecule has 0 amide bonds. The first-order chi connectivity index (χ1) is 10.2. The van der Waals surface area contributed by atoms with Gasteiger partial charge in [0.05, 0.1) is 18.4 Å². The lowest BCUT2D eigenvalue weighted by molar-refractivity contribution is 0.285. The average molecular weight is 287 g/mol. The summed E-state index contributed by atoms with van der Waals surface area (Å²) in [4.78, 5) is 6.56. The highest BCUT2D eigenvalue weighted by Crippen LogP contribution is 2.10. The van der Waals surface area contributed by atoms with Crippen LogP contribution in [0, 0.1) is 6.92 Å². The second-order valence-electron chi connectivity index (χ2n) is 5.17. The van der Waals surface area contributed by atoms with Crippen molar-refractivity contribution in [2.75, 3.05) is 25.0 Å². The van der Waals surface area contributed by atoms with Crippen molar-refractivity contribution in [3.63, 3.8) is 0 Å². The van der Waals surface area contributed by atoms with E-state index < -0.39 is 0 Å². The van der Waals surface area contributed by atoms with Crippen molar-refractivity contribution in [2.24, 2.45) is 0 Å². The van der Waals surface area contributed by atoms with Crippen LogP contribution in [-0.2, 0) is 13.1 Å². The molecule has 0 radical (unpaired) electrons. The Labute approximate surface area is 127 Å². The highest BCUT2D eigenvalue weighted by Gasteiger charge is 2.03. The zero-order chi connectivity index (χ0) is 15.1. The quantitative estimate of drug-likeness (QED) is 0.810. The molecule has 5 nitrogen and oxygen atoms in total. The van der Waals surface area contributed by atoms with Crippen molar-refractivity contribution < 1.29 is 0 Å². The molecule has 0 aliphatic carbocycles.